The molecule has 2 rings (SSSR count). The first-order valence-corrected chi connectivity index (χ1v) is 7.20. The van der Waals surface area contributed by atoms with Crippen LogP contribution in [0.2, 0.25) is 0 Å². The van der Waals surface area contributed by atoms with Gasteiger partial charge in [0.05, 0.1) is 6.54 Å². The zero-order chi connectivity index (χ0) is 14.5. The van der Waals surface area contributed by atoms with E-state index >= 15 is 0 Å². The second-order valence-corrected chi connectivity index (χ2v) is 5.61. The number of halogens is 1. The third-order valence-corrected chi connectivity index (χ3v) is 3.56. The molecular weight excluding hydrogens is 316 g/mol. The van der Waals surface area contributed by atoms with Gasteiger partial charge in [0, 0.05) is 15.8 Å². The summed E-state index contributed by atoms with van der Waals surface area (Å²) in [5.41, 5.74) is 4.07. The standard InChI is InChI=1S/C16H17BrN2O/c1-11-3-6-13(7-4-11)19-16(20)10-18-15-8-5-12(2)9-14(15)17/h3-9,18H,10H2,1-2H3,(H,19,20). The topological polar surface area (TPSA) is 41.1 Å². The molecule has 0 bridgehead atoms. The maximum Gasteiger partial charge on any atom is 0.243 e. The Balaban J connectivity index is 1.90. The molecule has 1 amide bonds. The van der Waals surface area contributed by atoms with Crippen molar-refractivity contribution in [3.8, 4) is 0 Å². The molecule has 0 aliphatic heterocycles. The molecule has 0 saturated heterocycles. The van der Waals surface area contributed by atoms with Crippen molar-refractivity contribution in [2.45, 2.75) is 13.8 Å². The molecule has 104 valence electrons. The van der Waals surface area contributed by atoms with E-state index in [0.717, 1.165) is 15.8 Å². The molecule has 0 aliphatic carbocycles. The minimum Gasteiger partial charge on any atom is -0.375 e. The van der Waals surface area contributed by atoms with Crippen LogP contribution in [0, 0.1) is 13.8 Å². The lowest BCUT2D eigenvalue weighted by Gasteiger charge is -2.10. The Hall–Kier alpha value is -1.81. The Morgan fingerprint density at radius 1 is 1.05 bits per heavy atom. The van der Waals surface area contributed by atoms with Gasteiger partial charge in [-0.05, 0) is 59.6 Å². The number of nitrogens with one attached hydrogen (secondary N) is 2. The highest BCUT2D eigenvalue weighted by molar-refractivity contribution is 9.10. The average molecular weight is 333 g/mol. The summed E-state index contributed by atoms with van der Waals surface area (Å²) < 4.78 is 0.959. The summed E-state index contributed by atoms with van der Waals surface area (Å²) in [6, 6.07) is 13.7. The molecule has 2 aromatic rings. The number of amides is 1. The fourth-order valence-electron chi connectivity index (χ4n) is 1.78. The number of hydrogen-bond donors (Lipinski definition) is 2. The van der Waals surface area contributed by atoms with Crippen molar-refractivity contribution in [2.24, 2.45) is 0 Å². The molecule has 2 aromatic carbocycles. The van der Waals surface area contributed by atoms with Gasteiger partial charge in [-0.1, -0.05) is 23.8 Å². The molecule has 0 spiro atoms. The molecule has 4 heteroatoms. The van der Waals surface area contributed by atoms with E-state index in [1.165, 1.54) is 11.1 Å². The van der Waals surface area contributed by atoms with Crippen LogP contribution in [0.15, 0.2) is 46.9 Å². The molecule has 0 aromatic heterocycles. The summed E-state index contributed by atoms with van der Waals surface area (Å²) >= 11 is 3.48. The second kappa shape index (κ2) is 6.57. The highest BCUT2D eigenvalue weighted by Gasteiger charge is 2.04. The van der Waals surface area contributed by atoms with Crippen molar-refractivity contribution in [3.63, 3.8) is 0 Å². The van der Waals surface area contributed by atoms with E-state index in [2.05, 4.69) is 26.6 Å². The zero-order valence-electron chi connectivity index (χ0n) is 11.5. The van der Waals surface area contributed by atoms with Gasteiger partial charge in [0.25, 0.3) is 0 Å². The Morgan fingerprint density at radius 2 is 1.70 bits per heavy atom. The van der Waals surface area contributed by atoms with Gasteiger partial charge >= 0.3 is 0 Å². The first kappa shape index (κ1) is 14.6. The van der Waals surface area contributed by atoms with Crippen LogP contribution in [0.1, 0.15) is 11.1 Å². The van der Waals surface area contributed by atoms with E-state index in [1.54, 1.807) is 0 Å². The summed E-state index contributed by atoms with van der Waals surface area (Å²) in [5, 5.41) is 5.97. The molecule has 0 aliphatic rings. The Kier molecular flexibility index (Phi) is 4.79. The molecule has 2 N–H and O–H groups in total. The van der Waals surface area contributed by atoms with E-state index in [4.69, 9.17) is 0 Å². The van der Waals surface area contributed by atoms with Crippen molar-refractivity contribution in [3.05, 3.63) is 58.1 Å². The highest BCUT2D eigenvalue weighted by atomic mass is 79.9. The second-order valence-electron chi connectivity index (χ2n) is 4.75. The van der Waals surface area contributed by atoms with Crippen molar-refractivity contribution in [1.82, 2.24) is 0 Å². The molecule has 0 fully saturated rings. The van der Waals surface area contributed by atoms with Gasteiger partial charge < -0.3 is 10.6 Å². The minimum absolute atomic E-state index is 0.0682. The van der Waals surface area contributed by atoms with Gasteiger partial charge in [-0.15, -0.1) is 0 Å². The van der Waals surface area contributed by atoms with Gasteiger partial charge in [-0.3, -0.25) is 4.79 Å². The van der Waals surface area contributed by atoms with E-state index in [1.807, 2.05) is 56.3 Å². The molecule has 0 saturated carbocycles. The van der Waals surface area contributed by atoms with Gasteiger partial charge in [0.15, 0.2) is 0 Å². The quantitative estimate of drug-likeness (QED) is 0.884. The van der Waals surface area contributed by atoms with Gasteiger partial charge in [0.1, 0.15) is 0 Å². The van der Waals surface area contributed by atoms with Gasteiger partial charge in [-0.2, -0.15) is 0 Å². The van der Waals surface area contributed by atoms with Crippen LogP contribution in [0.25, 0.3) is 0 Å². The van der Waals surface area contributed by atoms with Crippen molar-refractivity contribution in [1.29, 1.82) is 0 Å². The molecule has 0 atom stereocenters. The lowest BCUT2D eigenvalue weighted by molar-refractivity contribution is -0.114. The Labute approximate surface area is 127 Å². The normalized spacial score (nSPS) is 10.2. The monoisotopic (exact) mass is 332 g/mol. The molecule has 0 radical (unpaired) electrons. The summed E-state index contributed by atoms with van der Waals surface area (Å²) in [5.74, 6) is -0.0682. The molecule has 20 heavy (non-hydrogen) atoms. The average Bonchev–Trinajstić information content (AvgIpc) is 2.40. The van der Waals surface area contributed by atoms with Crippen LogP contribution in [0.3, 0.4) is 0 Å². The zero-order valence-corrected chi connectivity index (χ0v) is 13.1. The number of carbonyl (C=O) groups excluding carboxylic acids is 1. The SMILES string of the molecule is Cc1ccc(NC(=O)CNc2ccc(C)cc2Br)cc1. The van der Waals surface area contributed by atoms with Crippen molar-refractivity contribution in [2.75, 3.05) is 17.2 Å². The molecule has 3 nitrogen and oxygen atoms in total. The van der Waals surface area contributed by atoms with Crippen molar-refractivity contribution >= 4 is 33.2 Å². The summed E-state index contributed by atoms with van der Waals surface area (Å²) in [7, 11) is 0. The fourth-order valence-corrected chi connectivity index (χ4v) is 2.41. The number of hydrogen-bond acceptors (Lipinski definition) is 2. The first-order valence-electron chi connectivity index (χ1n) is 6.41. The smallest absolute Gasteiger partial charge is 0.243 e. The Bertz CT molecular complexity index is 608. The largest absolute Gasteiger partial charge is 0.375 e. The summed E-state index contributed by atoms with van der Waals surface area (Å²) in [4.78, 5) is 11.9. The van der Waals surface area contributed by atoms with Gasteiger partial charge in [-0.25, -0.2) is 0 Å². The third-order valence-electron chi connectivity index (χ3n) is 2.90. The number of benzene rings is 2. The maximum atomic E-state index is 11.9. The third kappa shape index (κ3) is 4.10. The van der Waals surface area contributed by atoms with E-state index in [-0.39, 0.29) is 12.5 Å². The number of rotatable bonds is 4. The highest BCUT2D eigenvalue weighted by Crippen LogP contribution is 2.23. The molecule has 0 unspecified atom stereocenters. The number of anilines is 2. The van der Waals surface area contributed by atoms with Crippen LogP contribution in [-0.2, 0) is 4.79 Å². The Morgan fingerprint density at radius 3 is 2.35 bits per heavy atom. The first-order chi connectivity index (χ1) is 9.54. The van der Waals surface area contributed by atoms with Crippen molar-refractivity contribution < 1.29 is 4.79 Å². The summed E-state index contributed by atoms with van der Waals surface area (Å²) in [6.07, 6.45) is 0. The lowest BCUT2D eigenvalue weighted by atomic mass is 10.2. The van der Waals surface area contributed by atoms with Crippen LogP contribution in [0.5, 0.6) is 0 Å². The molecule has 0 heterocycles. The van der Waals surface area contributed by atoms with Crippen LogP contribution < -0.4 is 10.6 Å². The van der Waals surface area contributed by atoms with Crippen LogP contribution in [-0.4, -0.2) is 12.5 Å². The summed E-state index contributed by atoms with van der Waals surface area (Å²) in [6.45, 7) is 4.27. The predicted molar refractivity (Wildman–Crippen MR) is 87.2 cm³/mol. The van der Waals surface area contributed by atoms with Crippen LogP contribution in [0.4, 0.5) is 11.4 Å². The molecular formula is C16H17BrN2O. The van der Waals surface area contributed by atoms with E-state index < -0.39 is 0 Å². The van der Waals surface area contributed by atoms with E-state index in [0.29, 0.717) is 0 Å². The van der Waals surface area contributed by atoms with E-state index in [9.17, 15) is 4.79 Å². The van der Waals surface area contributed by atoms with Gasteiger partial charge in [0.2, 0.25) is 5.91 Å². The number of carbonyl (C=O) groups is 1. The predicted octanol–water partition coefficient (Wildman–Crippen LogP) is 4.12. The lowest BCUT2D eigenvalue weighted by Crippen LogP contribution is -2.21. The maximum absolute atomic E-state index is 11.9. The minimum atomic E-state index is -0.0682. The fraction of sp³-hybridized carbons (Fsp3) is 0.188. The van der Waals surface area contributed by atoms with Crippen LogP contribution >= 0.6 is 15.9 Å². The number of aryl methyl sites for hydroxylation is 2.